The SMILES string of the molecule is Cn1ncnc1CCC(CN)c1ccccc1. The van der Waals surface area contributed by atoms with Crippen LogP contribution in [0.4, 0.5) is 0 Å². The van der Waals surface area contributed by atoms with Crippen molar-refractivity contribution in [1.29, 1.82) is 0 Å². The van der Waals surface area contributed by atoms with E-state index >= 15 is 0 Å². The predicted octanol–water partition coefficient (Wildman–Crippen LogP) is 1.49. The molecule has 4 nitrogen and oxygen atoms in total. The molecule has 0 aliphatic rings. The smallest absolute Gasteiger partial charge is 0.138 e. The highest BCUT2D eigenvalue weighted by Gasteiger charge is 2.11. The van der Waals surface area contributed by atoms with Crippen molar-refractivity contribution < 1.29 is 0 Å². The van der Waals surface area contributed by atoms with E-state index in [4.69, 9.17) is 5.73 Å². The molecule has 0 amide bonds. The Morgan fingerprint density at radius 2 is 2.06 bits per heavy atom. The van der Waals surface area contributed by atoms with E-state index < -0.39 is 0 Å². The summed E-state index contributed by atoms with van der Waals surface area (Å²) in [6.07, 6.45) is 3.51. The molecule has 1 unspecified atom stereocenters. The highest BCUT2D eigenvalue weighted by Crippen LogP contribution is 2.19. The molecule has 0 bridgehead atoms. The summed E-state index contributed by atoms with van der Waals surface area (Å²) in [5.74, 6) is 1.41. The Morgan fingerprint density at radius 3 is 2.65 bits per heavy atom. The molecule has 0 aliphatic heterocycles. The molecule has 17 heavy (non-hydrogen) atoms. The van der Waals surface area contributed by atoms with Crippen LogP contribution >= 0.6 is 0 Å². The summed E-state index contributed by atoms with van der Waals surface area (Å²) < 4.78 is 1.82. The van der Waals surface area contributed by atoms with Gasteiger partial charge in [-0.2, -0.15) is 5.10 Å². The summed E-state index contributed by atoms with van der Waals surface area (Å²) in [5.41, 5.74) is 7.14. The average molecular weight is 230 g/mol. The summed E-state index contributed by atoms with van der Waals surface area (Å²) in [7, 11) is 1.92. The van der Waals surface area contributed by atoms with Crippen molar-refractivity contribution in [3.63, 3.8) is 0 Å². The quantitative estimate of drug-likeness (QED) is 0.846. The van der Waals surface area contributed by atoms with Crippen LogP contribution in [0, 0.1) is 0 Å². The molecule has 1 atom stereocenters. The van der Waals surface area contributed by atoms with Crippen molar-refractivity contribution in [1.82, 2.24) is 14.8 Å². The van der Waals surface area contributed by atoms with Crippen LogP contribution in [0.3, 0.4) is 0 Å². The Bertz CT molecular complexity index is 449. The van der Waals surface area contributed by atoms with Crippen molar-refractivity contribution in [2.45, 2.75) is 18.8 Å². The monoisotopic (exact) mass is 230 g/mol. The molecular formula is C13H18N4. The maximum atomic E-state index is 5.84. The van der Waals surface area contributed by atoms with Crippen LogP contribution in [-0.4, -0.2) is 21.3 Å². The molecule has 0 saturated carbocycles. The lowest BCUT2D eigenvalue weighted by molar-refractivity contribution is 0.595. The van der Waals surface area contributed by atoms with Crippen LogP contribution in [-0.2, 0) is 13.5 Å². The minimum atomic E-state index is 0.396. The van der Waals surface area contributed by atoms with Crippen LogP contribution in [0.25, 0.3) is 0 Å². The third kappa shape index (κ3) is 2.91. The van der Waals surface area contributed by atoms with Gasteiger partial charge < -0.3 is 5.73 Å². The van der Waals surface area contributed by atoms with Gasteiger partial charge in [-0.15, -0.1) is 0 Å². The van der Waals surface area contributed by atoms with E-state index in [-0.39, 0.29) is 0 Å². The molecule has 1 aromatic heterocycles. The number of hydrogen-bond donors (Lipinski definition) is 1. The first-order chi connectivity index (χ1) is 8.31. The van der Waals surface area contributed by atoms with E-state index in [0.717, 1.165) is 18.7 Å². The first-order valence-corrected chi connectivity index (χ1v) is 5.89. The number of aromatic nitrogens is 3. The molecular weight excluding hydrogens is 212 g/mol. The van der Waals surface area contributed by atoms with Gasteiger partial charge in [0.15, 0.2) is 0 Å². The maximum absolute atomic E-state index is 5.84. The van der Waals surface area contributed by atoms with Crippen molar-refractivity contribution in [2.24, 2.45) is 12.8 Å². The third-order valence-corrected chi connectivity index (χ3v) is 3.08. The first kappa shape index (κ1) is 11.8. The Hall–Kier alpha value is -1.68. The lowest BCUT2D eigenvalue weighted by Gasteiger charge is -2.14. The Kier molecular flexibility index (Phi) is 3.88. The van der Waals surface area contributed by atoms with Gasteiger partial charge >= 0.3 is 0 Å². The van der Waals surface area contributed by atoms with Crippen LogP contribution < -0.4 is 5.73 Å². The number of nitrogens with zero attached hydrogens (tertiary/aromatic N) is 3. The van der Waals surface area contributed by atoms with Crippen molar-refractivity contribution in [3.8, 4) is 0 Å². The fourth-order valence-electron chi connectivity index (χ4n) is 2.00. The van der Waals surface area contributed by atoms with Crippen molar-refractivity contribution >= 4 is 0 Å². The molecule has 0 fully saturated rings. The maximum Gasteiger partial charge on any atom is 0.138 e. The first-order valence-electron chi connectivity index (χ1n) is 5.89. The molecule has 0 radical (unpaired) electrons. The summed E-state index contributed by atoms with van der Waals surface area (Å²) in [4.78, 5) is 4.23. The molecule has 0 aliphatic carbocycles. The average Bonchev–Trinajstić information content (AvgIpc) is 2.77. The third-order valence-electron chi connectivity index (χ3n) is 3.08. The van der Waals surface area contributed by atoms with Gasteiger partial charge in [0.2, 0.25) is 0 Å². The second-order valence-corrected chi connectivity index (χ2v) is 4.18. The number of hydrogen-bond acceptors (Lipinski definition) is 3. The molecule has 4 heteroatoms. The standard InChI is InChI=1S/C13H18N4/c1-17-13(15-10-16-17)8-7-12(9-14)11-5-3-2-4-6-11/h2-6,10,12H,7-9,14H2,1H3. The molecule has 0 spiro atoms. The van der Waals surface area contributed by atoms with E-state index in [2.05, 4.69) is 34.3 Å². The van der Waals surface area contributed by atoms with Gasteiger partial charge in [0.1, 0.15) is 12.2 Å². The Balaban J connectivity index is 1.99. The van der Waals surface area contributed by atoms with E-state index in [1.165, 1.54) is 5.56 Å². The van der Waals surface area contributed by atoms with Crippen LogP contribution in [0.15, 0.2) is 36.7 Å². The molecule has 2 aromatic rings. The summed E-state index contributed by atoms with van der Waals surface area (Å²) in [6.45, 7) is 0.669. The van der Waals surface area contributed by atoms with E-state index in [1.54, 1.807) is 6.33 Å². The molecule has 90 valence electrons. The molecule has 2 rings (SSSR count). The lowest BCUT2D eigenvalue weighted by atomic mass is 9.94. The summed E-state index contributed by atoms with van der Waals surface area (Å²) in [5, 5.41) is 4.07. The minimum absolute atomic E-state index is 0.396. The van der Waals surface area contributed by atoms with Gasteiger partial charge in [0.25, 0.3) is 0 Å². The fraction of sp³-hybridized carbons (Fsp3) is 0.385. The zero-order chi connectivity index (χ0) is 12.1. The molecule has 2 N–H and O–H groups in total. The lowest BCUT2D eigenvalue weighted by Crippen LogP contribution is -2.14. The highest BCUT2D eigenvalue weighted by atomic mass is 15.3. The minimum Gasteiger partial charge on any atom is -0.330 e. The number of nitrogens with two attached hydrogens (primary N) is 1. The van der Waals surface area contributed by atoms with Gasteiger partial charge in [0.05, 0.1) is 0 Å². The van der Waals surface area contributed by atoms with Crippen molar-refractivity contribution in [2.75, 3.05) is 6.54 Å². The molecule has 0 saturated heterocycles. The van der Waals surface area contributed by atoms with Gasteiger partial charge in [-0.25, -0.2) is 4.98 Å². The van der Waals surface area contributed by atoms with Crippen LogP contribution in [0.2, 0.25) is 0 Å². The number of benzene rings is 1. The topological polar surface area (TPSA) is 56.7 Å². The van der Waals surface area contributed by atoms with E-state index in [0.29, 0.717) is 12.5 Å². The predicted molar refractivity (Wildman–Crippen MR) is 67.6 cm³/mol. The molecule has 1 heterocycles. The Labute approximate surface area is 101 Å². The normalized spacial score (nSPS) is 12.6. The van der Waals surface area contributed by atoms with Crippen LogP contribution in [0.5, 0.6) is 0 Å². The highest BCUT2D eigenvalue weighted by molar-refractivity contribution is 5.19. The zero-order valence-corrected chi connectivity index (χ0v) is 10.1. The number of rotatable bonds is 5. The summed E-state index contributed by atoms with van der Waals surface area (Å²) in [6, 6.07) is 10.4. The van der Waals surface area contributed by atoms with Gasteiger partial charge in [-0.05, 0) is 24.4 Å². The second kappa shape index (κ2) is 5.59. The van der Waals surface area contributed by atoms with Gasteiger partial charge in [-0.1, -0.05) is 30.3 Å². The second-order valence-electron chi connectivity index (χ2n) is 4.18. The number of aryl methyl sites for hydroxylation is 2. The van der Waals surface area contributed by atoms with E-state index in [9.17, 15) is 0 Å². The van der Waals surface area contributed by atoms with Gasteiger partial charge in [-0.3, -0.25) is 4.68 Å². The fourth-order valence-corrected chi connectivity index (χ4v) is 2.00. The molecule has 1 aromatic carbocycles. The zero-order valence-electron chi connectivity index (χ0n) is 10.1. The largest absolute Gasteiger partial charge is 0.330 e. The Morgan fingerprint density at radius 1 is 1.29 bits per heavy atom. The van der Waals surface area contributed by atoms with Crippen LogP contribution in [0.1, 0.15) is 23.7 Å². The summed E-state index contributed by atoms with van der Waals surface area (Å²) >= 11 is 0. The van der Waals surface area contributed by atoms with Crippen molar-refractivity contribution in [3.05, 3.63) is 48.0 Å². The van der Waals surface area contributed by atoms with E-state index in [1.807, 2.05) is 17.8 Å². The van der Waals surface area contributed by atoms with Gasteiger partial charge in [0, 0.05) is 13.5 Å².